The molecular weight excluding hydrogens is 384 g/mol. The summed E-state index contributed by atoms with van der Waals surface area (Å²) in [4.78, 5) is 14.8. The molecule has 0 saturated carbocycles. The predicted octanol–water partition coefficient (Wildman–Crippen LogP) is 3.37. The van der Waals surface area contributed by atoms with Crippen LogP contribution in [0.1, 0.15) is 40.5 Å². The molecule has 29 heavy (non-hydrogen) atoms. The van der Waals surface area contributed by atoms with E-state index in [1.54, 1.807) is 0 Å². The summed E-state index contributed by atoms with van der Waals surface area (Å²) in [6, 6.07) is 8.06. The van der Waals surface area contributed by atoms with Crippen molar-refractivity contribution in [2.45, 2.75) is 57.5 Å². The van der Waals surface area contributed by atoms with Gasteiger partial charge in [0.1, 0.15) is 0 Å². The predicted molar refractivity (Wildman–Crippen MR) is 120 cm³/mol. The Labute approximate surface area is 176 Å². The molecule has 0 bridgehead atoms. The van der Waals surface area contributed by atoms with Crippen LogP contribution in [0.25, 0.3) is 11.0 Å². The first-order chi connectivity index (χ1) is 14.0. The molecule has 7 heteroatoms. The molecule has 0 amide bonds. The maximum Gasteiger partial charge on any atom is 0.172 e. The third kappa shape index (κ3) is 3.87. The maximum absolute atomic E-state index is 12.9. The second-order valence-electron chi connectivity index (χ2n) is 8.38. The number of fused-ring (bicyclic) bond motifs is 1. The van der Waals surface area contributed by atoms with E-state index in [1.807, 2.05) is 24.3 Å². The van der Waals surface area contributed by atoms with E-state index in [9.17, 15) is 4.21 Å². The van der Waals surface area contributed by atoms with E-state index in [-0.39, 0.29) is 17.0 Å². The van der Waals surface area contributed by atoms with E-state index in [2.05, 4.69) is 37.5 Å². The molecule has 158 valence electrons. The van der Waals surface area contributed by atoms with Crippen molar-refractivity contribution < 1.29 is 8.95 Å². The molecule has 3 atom stereocenters. The highest BCUT2D eigenvalue weighted by molar-refractivity contribution is 7.86. The molecule has 3 heterocycles. The van der Waals surface area contributed by atoms with Crippen molar-refractivity contribution >= 4 is 33.5 Å². The quantitative estimate of drug-likeness (QED) is 0.762. The lowest BCUT2D eigenvalue weighted by Gasteiger charge is -2.43. The topological polar surface area (TPSA) is 58.6 Å². The van der Waals surface area contributed by atoms with Gasteiger partial charge in [-0.3, -0.25) is 4.21 Å². The van der Waals surface area contributed by atoms with Crippen molar-refractivity contribution in [2.24, 2.45) is 0 Å². The molecule has 0 radical (unpaired) electrons. The summed E-state index contributed by atoms with van der Waals surface area (Å²) >= 11 is 0. The summed E-state index contributed by atoms with van der Waals surface area (Å²) in [6.45, 7) is 11.7. The molecule has 3 unspecified atom stereocenters. The molecular formula is C22H32N4O2S. The Morgan fingerprint density at radius 2 is 1.59 bits per heavy atom. The second-order valence-corrected chi connectivity index (χ2v) is 10.3. The molecule has 6 nitrogen and oxygen atoms in total. The van der Waals surface area contributed by atoms with Gasteiger partial charge in [0.25, 0.3) is 0 Å². The first-order valence-corrected chi connectivity index (χ1v) is 12.1. The van der Waals surface area contributed by atoms with Gasteiger partial charge >= 0.3 is 0 Å². The van der Waals surface area contributed by atoms with Gasteiger partial charge in [-0.1, -0.05) is 26.0 Å². The van der Waals surface area contributed by atoms with Crippen molar-refractivity contribution in [3.8, 4) is 0 Å². The van der Waals surface area contributed by atoms with Gasteiger partial charge in [-0.2, -0.15) is 0 Å². The summed E-state index contributed by atoms with van der Waals surface area (Å²) < 4.78 is 18.6. The Balaban J connectivity index is 1.79. The van der Waals surface area contributed by atoms with Crippen LogP contribution < -0.4 is 9.80 Å². The Hall–Kier alpha value is -1.73. The van der Waals surface area contributed by atoms with E-state index >= 15 is 0 Å². The average molecular weight is 417 g/mol. The summed E-state index contributed by atoms with van der Waals surface area (Å²) in [5.41, 5.74) is 1.82. The van der Waals surface area contributed by atoms with Crippen molar-refractivity contribution in [1.29, 1.82) is 0 Å². The summed E-state index contributed by atoms with van der Waals surface area (Å²) in [5, 5.41) is 0. The minimum Gasteiger partial charge on any atom is -0.372 e. The van der Waals surface area contributed by atoms with Crippen LogP contribution in [-0.2, 0) is 15.5 Å². The highest BCUT2D eigenvalue weighted by Crippen LogP contribution is 2.36. The molecule has 1 aromatic carbocycles. The molecule has 2 fully saturated rings. The van der Waals surface area contributed by atoms with Gasteiger partial charge < -0.3 is 14.5 Å². The number of ether oxygens (including phenoxy) is 1. The van der Waals surface area contributed by atoms with Crippen LogP contribution in [0.5, 0.6) is 0 Å². The minimum atomic E-state index is -0.804. The number of benzene rings is 1. The monoisotopic (exact) mass is 416 g/mol. The van der Waals surface area contributed by atoms with Crippen LogP contribution in [-0.4, -0.2) is 63.1 Å². The number of anilines is 2. The van der Waals surface area contributed by atoms with Crippen molar-refractivity contribution in [2.75, 3.05) is 41.7 Å². The van der Waals surface area contributed by atoms with Gasteiger partial charge in [-0.05, 0) is 38.8 Å². The minimum absolute atomic E-state index is 0.152. The zero-order valence-electron chi connectivity index (χ0n) is 17.9. The largest absolute Gasteiger partial charge is 0.372 e. The van der Waals surface area contributed by atoms with E-state index in [0.717, 1.165) is 61.7 Å². The van der Waals surface area contributed by atoms with E-state index in [0.29, 0.717) is 5.75 Å². The SMILES string of the molecule is CCC1(CC)CN(c2nc3ccccc3nc2N2CC(C)OC(C)C2)CCS1=O. The average Bonchev–Trinajstić information content (AvgIpc) is 2.73. The fraction of sp³-hybridized carbons (Fsp3) is 0.636. The van der Waals surface area contributed by atoms with Crippen molar-refractivity contribution in [1.82, 2.24) is 9.97 Å². The Morgan fingerprint density at radius 3 is 2.14 bits per heavy atom. The number of hydrogen-bond donors (Lipinski definition) is 0. The molecule has 2 aromatic rings. The van der Waals surface area contributed by atoms with E-state index in [4.69, 9.17) is 14.7 Å². The normalized spacial score (nSPS) is 27.4. The maximum atomic E-state index is 12.9. The third-order valence-corrected chi connectivity index (χ3v) is 8.58. The molecule has 2 aliphatic heterocycles. The lowest BCUT2D eigenvalue weighted by Crippen LogP contribution is -2.54. The number of rotatable bonds is 4. The van der Waals surface area contributed by atoms with Gasteiger partial charge in [0, 0.05) is 42.7 Å². The number of nitrogens with zero attached hydrogens (tertiary/aromatic N) is 4. The summed E-state index contributed by atoms with van der Waals surface area (Å²) in [5.74, 6) is 2.54. The molecule has 2 saturated heterocycles. The fourth-order valence-corrected chi connectivity index (χ4v) is 6.40. The van der Waals surface area contributed by atoms with Gasteiger partial charge in [0.2, 0.25) is 0 Å². The van der Waals surface area contributed by atoms with Crippen LogP contribution in [0.3, 0.4) is 0 Å². The smallest absolute Gasteiger partial charge is 0.172 e. The first kappa shape index (κ1) is 20.5. The van der Waals surface area contributed by atoms with E-state index < -0.39 is 10.8 Å². The molecule has 0 N–H and O–H groups in total. The van der Waals surface area contributed by atoms with Crippen LogP contribution in [0.15, 0.2) is 24.3 Å². The van der Waals surface area contributed by atoms with Crippen LogP contribution in [0.4, 0.5) is 11.6 Å². The number of para-hydroxylation sites is 2. The molecule has 2 aliphatic rings. The van der Waals surface area contributed by atoms with Crippen LogP contribution in [0, 0.1) is 0 Å². The number of aromatic nitrogens is 2. The molecule has 0 aliphatic carbocycles. The Kier molecular flexibility index (Phi) is 5.80. The standard InChI is InChI=1S/C22H32N4O2S/c1-5-22(6-2)15-25(11-12-29(22)27)20-21(26-13-16(3)28-17(4)14-26)24-19-10-8-7-9-18(19)23-20/h7-10,16-17H,5-6,11-15H2,1-4H3. The highest BCUT2D eigenvalue weighted by atomic mass is 32.2. The molecule has 1 aromatic heterocycles. The molecule has 0 spiro atoms. The van der Waals surface area contributed by atoms with Crippen LogP contribution >= 0.6 is 0 Å². The van der Waals surface area contributed by atoms with Gasteiger partial charge in [0.05, 0.1) is 28.0 Å². The number of hydrogen-bond acceptors (Lipinski definition) is 6. The van der Waals surface area contributed by atoms with Gasteiger partial charge in [-0.25, -0.2) is 9.97 Å². The highest BCUT2D eigenvalue weighted by Gasteiger charge is 2.40. The first-order valence-electron chi connectivity index (χ1n) is 10.8. The fourth-order valence-electron chi connectivity index (χ4n) is 4.64. The van der Waals surface area contributed by atoms with Crippen molar-refractivity contribution in [3.05, 3.63) is 24.3 Å². The van der Waals surface area contributed by atoms with Crippen LogP contribution in [0.2, 0.25) is 0 Å². The van der Waals surface area contributed by atoms with E-state index in [1.165, 1.54) is 0 Å². The summed E-state index contributed by atoms with van der Waals surface area (Å²) in [6.07, 6.45) is 2.13. The summed E-state index contributed by atoms with van der Waals surface area (Å²) in [7, 11) is -0.804. The lowest BCUT2D eigenvalue weighted by molar-refractivity contribution is -0.00542. The van der Waals surface area contributed by atoms with Gasteiger partial charge in [0.15, 0.2) is 11.6 Å². The Bertz CT molecular complexity index is 892. The second kappa shape index (κ2) is 8.19. The Morgan fingerprint density at radius 1 is 1.03 bits per heavy atom. The molecule has 4 rings (SSSR count). The zero-order valence-corrected chi connectivity index (χ0v) is 18.7. The van der Waals surface area contributed by atoms with Gasteiger partial charge in [-0.15, -0.1) is 0 Å². The lowest BCUT2D eigenvalue weighted by atomic mass is 10.0. The number of morpholine rings is 1. The zero-order chi connectivity index (χ0) is 20.6. The van der Waals surface area contributed by atoms with Crippen molar-refractivity contribution in [3.63, 3.8) is 0 Å². The third-order valence-electron chi connectivity index (χ3n) is 6.35.